The van der Waals surface area contributed by atoms with E-state index in [2.05, 4.69) is 162 Å². The highest BCUT2D eigenvalue weighted by Crippen LogP contribution is 2.43. The molecule has 0 spiro atoms. The fourth-order valence-corrected chi connectivity index (χ4v) is 11.7. The number of pyridine rings is 2. The van der Waals surface area contributed by atoms with Gasteiger partial charge >= 0.3 is 11.9 Å². The molecule has 2 aromatic heterocycles. The Morgan fingerprint density at radius 1 is 0.533 bits per heavy atom. The molecule has 0 saturated heterocycles. The maximum Gasteiger partial charge on any atom is 0.310 e. The van der Waals surface area contributed by atoms with Gasteiger partial charge in [0.2, 0.25) is 0 Å². The lowest BCUT2D eigenvalue weighted by molar-refractivity contribution is -0.140. The Bertz CT molecular complexity index is 3140. The van der Waals surface area contributed by atoms with Gasteiger partial charge in [-0.1, -0.05) is 112 Å². The highest BCUT2D eigenvalue weighted by molar-refractivity contribution is 5.75. The SMILES string of the molecule is CCC(CC)(c1ccc(C#CC2(O)CCCC2)c(C)c1)c1ccc(-c2cncc(CC(=O)O)c2)c(C)c1.CCC(CC)(c1ccc(C#CC2(O)CCCC2)c(C)c1)c1ccc(-c2cncc(CC(=O)OC)c2)c(C)c1. The van der Waals surface area contributed by atoms with Crippen LogP contribution in [0.25, 0.3) is 22.3 Å². The first kappa shape index (κ1) is 55.9. The van der Waals surface area contributed by atoms with Crippen molar-refractivity contribution in [3.63, 3.8) is 0 Å². The summed E-state index contributed by atoms with van der Waals surface area (Å²) in [4.78, 5) is 31.5. The molecule has 75 heavy (non-hydrogen) atoms. The van der Waals surface area contributed by atoms with Gasteiger partial charge in [-0.25, -0.2) is 0 Å². The van der Waals surface area contributed by atoms with E-state index in [9.17, 15) is 19.8 Å². The van der Waals surface area contributed by atoms with Gasteiger partial charge in [-0.3, -0.25) is 19.6 Å². The van der Waals surface area contributed by atoms with Crippen LogP contribution >= 0.6 is 0 Å². The molecule has 8 heteroatoms. The van der Waals surface area contributed by atoms with Crippen LogP contribution in [-0.2, 0) is 38.0 Å². The summed E-state index contributed by atoms with van der Waals surface area (Å²) in [7, 11) is 1.40. The Balaban J connectivity index is 0.000000219. The number of hydrogen-bond donors (Lipinski definition) is 3. The molecule has 0 amide bonds. The number of carbonyl (C=O) groups is 2. The third kappa shape index (κ3) is 12.8. The van der Waals surface area contributed by atoms with Crippen molar-refractivity contribution in [1.29, 1.82) is 0 Å². The van der Waals surface area contributed by atoms with Crippen molar-refractivity contribution in [2.45, 2.75) is 167 Å². The third-order valence-electron chi connectivity index (χ3n) is 16.4. The Labute approximate surface area is 446 Å². The smallest absolute Gasteiger partial charge is 0.310 e. The molecule has 0 aliphatic heterocycles. The Morgan fingerprint density at radius 3 is 1.23 bits per heavy atom. The molecular formula is C67H76N2O6. The summed E-state index contributed by atoms with van der Waals surface area (Å²) in [5.41, 5.74) is 15.4. The minimum absolute atomic E-state index is 0.0359. The Kier molecular flexibility index (Phi) is 18.1. The second-order valence-electron chi connectivity index (χ2n) is 21.2. The highest BCUT2D eigenvalue weighted by Gasteiger charge is 2.34. The Hall–Kier alpha value is -6.84. The monoisotopic (exact) mass is 1000 g/mol. The molecule has 390 valence electrons. The van der Waals surface area contributed by atoms with Gasteiger partial charge in [0.05, 0.1) is 20.0 Å². The minimum atomic E-state index is -0.858. The van der Waals surface area contributed by atoms with Crippen molar-refractivity contribution in [3.8, 4) is 45.9 Å². The number of benzene rings is 4. The molecule has 4 aromatic carbocycles. The molecule has 2 aliphatic carbocycles. The normalized spacial score (nSPS) is 14.7. The van der Waals surface area contributed by atoms with Crippen molar-refractivity contribution < 1.29 is 29.6 Å². The van der Waals surface area contributed by atoms with E-state index in [1.54, 1.807) is 18.6 Å². The van der Waals surface area contributed by atoms with Crippen LogP contribution in [0.2, 0.25) is 0 Å². The molecule has 0 radical (unpaired) electrons. The largest absolute Gasteiger partial charge is 0.481 e. The predicted molar refractivity (Wildman–Crippen MR) is 302 cm³/mol. The summed E-state index contributed by atoms with van der Waals surface area (Å²) in [6, 6.07) is 30.4. The number of aliphatic hydroxyl groups is 2. The van der Waals surface area contributed by atoms with Crippen LogP contribution in [0.1, 0.15) is 172 Å². The zero-order valence-corrected chi connectivity index (χ0v) is 45.8. The van der Waals surface area contributed by atoms with Gasteiger partial charge in [-0.05, 0) is 196 Å². The fraction of sp³-hybridized carbons (Fsp3) is 0.403. The van der Waals surface area contributed by atoms with Gasteiger partial charge in [0.15, 0.2) is 0 Å². The van der Waals surface area contributed by atoms with Crippen LogP contribution in [0.5, 0.6) is 0 Å². The van der Waals surface area contributed by atoms with Crippen LogP contribution < -0.4 is 0 Å². The number of carboxylic acid groups (broad SMARTS) is 1. The summed E-state index contributed by atoms with van der Waals surface area (Å²) in [6.07, 6.45) is 18.3. The average Bonchev–Trinajstić information content (AvgIpc) is 4.05. The number of aliphatic carboxylic acids is 1. The number of methoxy groups -OCH3 is 1. The van der Waals surface area contributed by atoms with Gasteiger partial charge in [-0.2, -0.15) is 0 Å². The van der Waals surface area contributed by atoms with Gasteiger partial charge < -0.3 is 20.1 Å². The average molecular weight is 1010 g/mol. The molecule has 0 bridgehead atoms. The van der Waals surface area contributed by atoms with Crippen LogP contribution in [0.15, 0.2) is 110 Å². The van der Waals surface area contributed by atoms with E-state index in [1.807, 2.05) is 18.3 Å². The molecule has 2 saturated carbocycles. The van der Waals surface area contributed by atoms with Crippen LogP contribution in [-0.4, -0.2) is 55.5 Å². The number of nitrogens with zero attached hydrogens (tertiary/aromatic N) is 2. The molecular weight excluding hydrogens is 929 g/mol. The first-order valence-electron chi connectivity index (χ1n) is 27.1. The van der Waals surface area contributed by atoms with E-state index in [0.717, 1.165) is 133 Å². The second kappa shape index (κ2) is 24.2. The number of aryl methyl sites for hydroxylation is 4. The van der Waals surface area contributed by atoms with Crippen molar-refractivity contribution in [2.24, 2.45) is 0 Å². The second-order valence-corrected chi connectivity index (χ2v) is 21.2. The van der Waals surface area contributed by atoms with E-state index < -0.39 is 17.2 Å². The summed E-state index contributed by atoms with van der Waals surface area (Å²) in [5.74, 6) is 11.7. The van der Waals surface area contributed by atoms with E-state index >= 15 is 0 Å². The number of esters is 1. The zero-order valence-electron chi connectivity index (χ0n) is 45.8. The van der Waals surface area contributed by atoms with E-state index in [0.29, 0.717) is 5.56 Å². The quantitative estimate of drug-likeness (QED) is 0.0727. The lowest BCUT2D eigenvalue weighted by atomic mass is 9.69. The molecule has 8 nitrogen and oxygen atoms in total. The van der Waals surface area contributed by atoms with Crippen LogP contribution in [0.4, 0.5) is 0 Å². The van der Waals surface area contributed by atoms with Gasteiger partial charge in [-0.15, -0.1) is 0 Å². The molecule has 0 unspecified atom stereocenters. The van der Waals surface area contributed by atoms with Crippen LogP contribution in [0.3, 0.4) is 0 Å². The molecule has 3 N–H and O–H groups in total. The minimum Gasteiger partial charge on any atom is -0.481 e. The number of carbonyl (C=O) groups excluding carboxylic acids is 1. The maximum atomic E-state index is 11.7. The van der Waals surface area contributed by atoms with Crippen molar-refractivity contribution >= 4 is 11.9 Å². The lowest BCUT2D eigenvalue weighted by Gasteiger charge is -2.34. The number of ether oxygens (including phenoxy) is 1. The lowest BCUT2D eigenvalue weighted by Crippen LogP contribution is -2.26. The fourth-order valence-electron chi connectivity index (χ4n) is 11.7. The summed E-state index contributed by atoms with van der Waals surface area (Å²) in [6.45, 7) is 17.5. The first-order chi connectivity index (χ1) is 35.9. The summed E-state index contributed by atoms with van der Waals surface area (Å²) >= 11 is 0. The summed E-state index contributed by atoms with van der Waals surface area (Å²) < 4.78 is 4.81. The topological polar surface area (TPSA) is 130 Å². The van der Waals surface area contributed by atoms with Gasteiger partial charge in [0.1, 0.15) is 11.2 Å². The first-order valence-corrected chi connectivity index (χ1v) is 27.1. The summed E-state index contributed by atoms with van der Waals surface area (Å²) in [5, 5.41) is 30.4. The van der Waals surface area contributed by atoms with Gasteiger partial charge in [0, 0.05) is 57.9 Å². The number of aromatic nitrogens is 2. The molecule has 2 heterocycles. The Morgan fingerprint density at radius 2 is 0.893 bits per heavy atom. The predicted octanol–water partition coefficient (Wildman–Crippen LogP) is 13.6. The zero-order chi connectivity index (χ0) is 54.0. The molecule has 6 aromatic rings. The van der Waals surface area contributed by atoms with E-state index in [4.69, 9.17) is 9.84 Å². The third-order valence-corrected chi connectivity index (χ3v) is 16.4. The van der Waals surface area contributed by atoms with Crippen LogP contribution in [0, 0.1) is 51.4 Å². The van der Waals surface area contributed by atoms with Gasteiger partial charge in [0.25, 0.3) is 0 Å². The number of carboxylic acids is 1. The molecule has 2 aliphatic rings. The standard InChI is InChI=1S/C34H39NO3.C33H37NO3/c1-6-34(7-2,29-11-10-27(24(3)18-29)14-17-33(37)15-8-9-16-33)30-12-13-31(25(4)19-30)28-20-26(22-35-23-28)21-32(36)38-5;1-5-33(6-2,28-10-9-26(23(3)17-28)13-16-32(37)14-7-8-15-32)29-11-12-30(24(4)18-29)27-19-25(20-31(35)36)21-34-22-27/h10-13,18-20,22-23,37H,6-9,15-16,21H2,1-5H3;9-12,17-19,21-22,37H,5-8,14-15,20H2,1-4H3,(H,35,36). The van der Waals surface area contributed by atoms with Crippen molar-refractivity contribution in [1.82, 2.24) is 9.97 Å². The number of rotatable bonds is 14. The van der Waals surface area contributed by atoms with E-state index in [-0.39, 0.29) is 29.6 Å². The molecule has 2 fully saturated rings. The number of hydrogen-bond acceptors (Lipinski definition) is 7. The van der Waals surface area contributed by atoms with Crippen molar-refractivity contribution in [3.05, 3.63) is 176 Å². The van der Waals surface area contributed by atoms with E-state index in [1.165, 1.54) is 34.9 Å². The maximum absolute atomic E-state index is 11.7. The molecule has 0 atom stereocenters. The highest BCUT2D eigenvalue weighted by atomic mass is 16.5. The molecule has 8 rings (SSSR count). The van der Waals surface area contributed by atoms with Crippen molar-refractivity contribution in [2.75, 3.05) is 7.11 Å².